The van der Waals surface area contributed by atoms with Crippen LogP contribution in [0.5, 0.6) is 5.75 Å². The van der Waals surface area contributed by atoms with Gasteiger partial charge in [-0.25, -0.2) is 8.97 Å². The molecule has 28 heavy (non-hydrogen) atoms. The molecular formula is C23H20BrN2O2+. The van der Waals surface area contributed by atoms with Gasteiger partial charge in [0.25, 0.3) is 5.65 Å². The highest BCUT2D eigenvalue weighted by Gasteiger charge is 2.22. The number of pyridine rings is 1. The summed E-state index contributed by atoms with van der Waals surface area (Å²) in [5.74, 6) is 0.796. The summed E-state index contributed by atoms with van der Waals surface area (Å²) in [4.78, 5) is 13.0. The molecule has 2 heterocycles. The SMILES string of the molecule is COc1ccc(C(=O)Cn2c(-c3ccc(Br)cc3)c[n+]3cc(C)ccc23)cc1. The maximum atomic E-state index is 13.0. The van der Waals surface area contributed by atoms with E-state index >= 15 is 0 Å². The van der Waals surface area contributed by atoms with Crippen LogP contribution in [0.1, 0.15) is 15.9 Å². The summed E-state index contributed by atoms with van der Waals surface area (Å²) in [6.45, 7) is 2.32. The molecule has 0 amide bonds. The van der Waals surface area contributed by atoms with Gasteiger partial charge in [0, 0.05) is 21.7 Å². The van der Waals surface area contributed by atoms with Gasteiger partial charge in [-0.3, -0.25) is 4.79 Å². The van der Waals surface area contributed by atoms with Crippen LogP contribution >= 0.6 is 15.9 Å². The van der Waals surface area contributed by atoms with Crippen LogP contribution in [-0.2, 0) is 6.54 Å². The molecule has 0 aliphatic rings. The monoisotopic (exact) mass is 435 g/mol. The summed E-state index contributed by atoms with van der Waals surface area (Å²) in [5, 5.41) is 0. The Morgan fingerprint density at radius 1 is 1.00 bits per heavy atom. The van der Waals surface area contributed by atoms with E-state index in [1.807, 2.05) is 36.4 Å². The highest BCUT2D eigenvalue weighted by atomic mass is 79.9. The summed E-state index contributed by atoms with van der Waals surface area (Å²) in [7, 11) is 1.62. The zero-order valence-electron chi connectivity index (χ0n) is 15.7. The van der Waals surface area contributed by atoms with Crippen molar-refractivity contribution in [2.75, 3.05) is 7.11 Å². The van der Waals surface area contributed by atoms with Gasteiger partial charge in [0.05, 0.1) is 13.3 Å². The van der Waals surface area contributed by atoms with Crippen molar-refractivity contribution >= 4 is 27.4 Å². The minimum absolute atomic E-state index is 0.0553. The molecule has 4 rings (SSSR count). The number of nitrogens with zero attached hydrogens (tertiary/aromatic N) is 2. The van der Waals surface area contributed by atoms with E-state index in [4.69, 9.17) is 4.74 Å². The largest absolute Gasteiger partial charge is 0.497 e. The highest BCUT2D eigenvalue weighted by molar-refractivity contribution is 9.10. The molecule has 2 aromatic heterocycles. The average molecular weight is 436 g/mol. The summed E-state index contributed by atoms with van der Waals surface area (Å²) < 4.78 is 10.4. The fourth-order valence-electron chi connectivity index (χ4n) is 3.31. The first-order valence-electron chi connectivity index (χ1n) is 8.99. The quantitative estimate of drug-likeness (QED) is 0.331. The molecule has 0 fully saturated rings. The second-order valence-electron chi connectivity index (χ2n) is 6.73. The molecule has 0 spiro atoms. The van der Waals surface area contributed by atoms with Crippen molar-refractivity contribution < 1.29 is 13.9 Å². The van der Waals surface area contributed by atoms with E-state index in [0.717, 1.165) is 27.1 Å². The number of benzene rings is 2. The molecule has 0 aliphatic carbocycles. The third-order valence-corrected chi connectivity index (χ3v) is 5.31. The van der Waals surface area contributed by atoms with E-state index in [-0.39, 0.29) is 12.3 Å². The molecule has 0 radical (unpaired) electrons. The Hall–Kier alpha value is -2.92. The minimum Gasteiger partial charge on any atom is -0.497 e. The van der Waals surface area contributed by atoms with E-state index < -0.39 is 0 Å². The second-order valence-corrected chi connectivity index (χ2v) is 7.65. The van der Waals surface area contributed by atoms with Crippen LogP contribution in [-0.4, -0.2) is 17.5 Å². The van der Waals surface area contributed by atoms with Crippen LogP contribution in [0.15, 0.2) is 77.5 Å². The standard InChI is InChI=1S/C23H20BrN2O2/c1-16-3-12-23-25(13-16)14-21(17-4-8-19(24)9-5-17)26(23)15-22(27)18-6-10-20(28-2)11-7-18/h3-14H,15H2,1-2H3/q+1. The van der Waals surface area contributed by atoms with Gasteiger partial charge in [-0.1, -0.05) is 15.9 Å². The number of Topliss-reactive ketones (excluding diaryl/α,β-unsaturated/α-hetero) is 1. The van der Waals surface area contributed by atoms with Crippen molar-refractivity contribution in [3.63, 3.8) is 0 Å². The molecule has 5 heteroatoms. The number of aryl methyl sites for hydroxylation is 1. The first kappa shape index (κ1) is 18.4. The number of aromatic nitrogens is 2. The molecule has 4 nitrogen and oxygen atoms in total. The van der Waals surface area contributed by atoms with Crippen molar-refractivity contribution in [3.05, 3.63) is 88.7 Å². The van der Waals surface area contributed by atoms with Gasteiger partial charge in [0.1, 0.15) is 11.9 Å². The Morgan fingerprint density at radius 3 is 2.39 bits per heavy atom. The number of rotatable bonds is 5. The molecule has 0 saturated carbocycles. The zero-order valence-corrected chi connectivity index (χ0v) is 17.3. The van der Waals surface area contributed by atoms with Gasteiger partial charge in [-0.15, -0.1) is 0 Å². The Labute approximate surface area is 172 Å². The predicted molar refractivity (Wildman–Crippen MR) is 113 cm³/mol. The maximum Gasteiger partial charge on any atom is 0.287 e. The molecule has 0 unspecified atom stereocenters. The number of halogens is 1. The predicted octanol–water partition coefficient (Wildman–Crippen LogP) is 4.86. The second kappa shape index (κ2) is 7.60. The first-order chi connectivity index (χ1) is 13.5. The molecule has 140 valence electrons. The molecular weight excluding hydrogens is 416 g/mol. The van der Waals surface area contributed by atoms with E-state index in [0.29, 0.717) is 5.56 Å². The Morgan fingerprint density at radius 2 is 1.71 bits per heavy atom. The van der Waals surface area contributed by atoms with E-state index in [1.54, 1.807) is 7.11 Å². The van der Waals surface area contributed by atoms with Crippen LogP contribution in [0.25, 0.3) is 16.9 Å². The molecule has 0 atom stereocenters. The van der Waals surface area contributed by atoms with Gasteiger partial charge in [-0.05, 0) is 67.1 Å². The summed E-state index contributed by atoms with van der Waals surface area (Å²) in [6, 6.07) is 19.5. The lowest BCUT2D eigenvalue weighted by Crippen LogP contribution is -2.20. The Kier molecular flexibility index (Phi) is 5.01. The summed E-state index contributed by atoms with van der Waals surface area (Å²) in [5.41, 5.74) is 4.87. The molecule has 4 aromatic rings. The highest BCUT2D eigenvalue weighted by Crippen LogP contribution is 2.24. The zero-order chi connectivity index (χ0) is 19.7. The number of methoxy groups -OCH3 is 1. The van der Waals surface area contributed by atoms with Crippen LogP contribution < -0.4 is 9.14 Å². The van der Waals surface area contributed by atoms with E-state index in [1.165, 1.54) is 5.56 Å². The van der Waals surface area contributed by atoms with Crippen LogP contribution in [0.3, 0.4) is 0 Å². The summed E-state index contributed by atoms with van der Waals surface area (Å²) in [6.07, 6.45) is 4.15. The minimum atomic E-state index is 0.0553. The lowest BCUT2D eigenvalue weighted by molar-refractivity contribution is -0.510. The fourth-order valence-corrected chi connectivity index (χ4v) is 3.57. The van der Waals surface area contributed by atoms with E-state index in [2.05, 4.69) is 68.5 Å². The smallest absolute Gasteiger partial charge is 0.287 e. The molecule has 0 N–H and O–H groups in total. The van der Waals surface area contributed by atoms with Crippen LogP contribution in [0, 0.1) is 6.92 Å². The maximum absolute atomic E-state index is 13.0. The number of ketones is 1. The normalized spacial score (nSPS) is 11.0. The van der Waals surface area contributed by atoms with Crippen molar-refractivity contribution in [2.45, 2.75) is 13.5 Å². The molecule has 0 bridgehead atoms. The number of carbonyl (C=O) groups excluding carboxylic acids is 1. The number of fused-ring (bicyclic) bond motifs is 1. The van der Waals surface area contributed by atoms with Gasteiger partial charge in [-0.2, -0.15) is 0 Å². The van der Waals surface area contributed by atoms with Crippen molar-refractivity contribution in [2.24, 2.45) is 0 Å². The van der Waals surface area contributed by atoms with Crippen LogP contribution in [0.2, 0.25) is 0 Å². The van der Waals surface area contributed by atoms with Gasteiger partial charge in [0.15, 0.2) is 12.2 Å². The van der Waals surface area contributed by atoms with Gasteiger partial charge in [0.2, 0.25) is 5.78 Å². The fraction of sp³-hybridized carbons (Fsp3) is 0.130. The van der Waals surface area contributed by atoms with E-state index in [9.17, 15) is 4.79 Å². The molecule has 0 saturated heterocycles. The lowest BCUT2D eigenvalue weighted by atomic mass is 10.1. The number of imidazole rings is 1. The van der Waals surface area contributed by atoms with Crippen molar-refractivity contribution in [1.29, 1.82) is 0 Å². The van der Waals surface area contributed by atoms with Crippen molar-refractivity contribution in [1.82, 2.24) is 4.57 Å². The lowest BCUT2D eigenvalue weighted by Gasteiger charge is -2.05. The molecule has 0 aliphatic heterocycles. The average Bonchev–Trinajstić information content (AvgIpc) is 3.06. The van der Waals surface area contributed by atoms with Gasteiger partial charge >= 0.3 is 0 Å². The van der Waals surface area contributed by atoms with Crippen molar-refractivity contribution in [3.8, 4) is 17.0 Å². The topological polar surface area (TPSA) is 35.3 Å². The van der Waals surface area contributed by atoms with Crippen LogP contribution in [0.4, 0.5) is 0 Å². The first-order valence-corrected chi connectivity index (χ1v) is 9.79. The Balaban J connectivity index is 1.78. The number of carbonyl (C=O) groups is 1. The summed E-state index contributed by atoms with van der Waals surface area (Å²) >= 11 is 3.49. The number of hydrogen-bond donors (Lipinski definition) is 0. The number of ether oxygens (including phenoxy) is 1. The Bertz CT molecular complexity index is 1150. The molecule has 2 aromatic carbocycles. The number of hydrogen-bond acceptors (Lipinski definition) is 2. The van der Waals surface area contributed by atoms with Gasteiger partial charge < -0.3 is 4.74 Å². The third kappa shape index (κ3) is 3.58. The third-order valence-electron chi connectivity index (χ3n) is 4.78.